The zero-order chi connectivity index (χ0) is 18.3. The summed E-state index contributed by atoms with van der Waals surface area (Å²) in [5.74, 6) is -0.166. The number of hydrogen-bond donors (Lipinski definition) is 2. The highest BCUT2D eigenvalue weighted by molar-refractivity contribution is 7.89. The summed E-state index contributed by atoms with van der Waals surface area (Å²) in [7, 11) is -3.63. The molecule has 2 aliphatic heterocycles. The fourth-order valence-electron chi connectivity index (χ4n) is 3.36. The zero-order valence-electron chi connectivity index (χ0n) is 13.8. The Balaban J connectivity index is 1.72. The van der Waals surface area contributed by atoms with Crippen molar-refractivity contribution in [1.29, 1.82) is 0 Å². The molecule has 2 N–H and O–H groups in total. The molecule has 8 heteroatoms. The predicted molar refractivity (Wildman–Crippen MR) is 92.3 cm³/mol. The highest BCUT2D eigenvalue weighted by Crippen LogP contribution is 2.39. The fraction of sp³-hybridized carbons (Fsp3) is 0.278. The van der Waals surface area contributed by atoms with Crippen molar-refractivity contribution >= 4 is 15.9 Å². The molecule has 136 valence electrons. The molecule has 0 saturated heterocycles. The average molecular weight is 374 g/mol. The summed E-state index contributed by atoms with van der Waals surface area (Å²) >= 11 is 0. The number of hydroxylamine groups is 1. The molecule has 0 radical (unpaired) electrons. The number of ether oxygens (including phenoxy) is 1. The molecular formula is C18H18N2O5S. The maximum absolute atomic E-state index is 13.1. The maximum atomic E-state index is 13.1. The number of amides is 1. The number of hydrogen-bond acceptors (Lipinski definition) is 5. The first-order valence-corrected chi connectivity index (χ1v) is 9.74. The molecule has 0 atom stereocenters. The first-order chi connectivity index (χ1) is 12.5. The van der Waals surface area contributed by atoms with Crippen molar-refractivity contribution < 1.29 is 23.2 Å². The lowest BCUT2D eigenvalue weighted by Crippen LogP contribution is -2.52. The summed E-state index contributed by atoms with van der Waals surface area (Å²) in [5, 5.41) is 8.80. The van der Waals surface area contributed by atoms with Gasteiger partial charge in [0.05, 0.1) is 4.90 Å². The standard InChI is InChI=1S/C18H18N2O5S/c21-18(19-22)12-6-7-13-11-20(14-9-15(10-14)25-17(13)8-12)26(23,24)16-4-2-1-3-5-16/h1-8,14-15,22H,9-11H2,(H,19,21). The lowest BCUT2D eigenvalue weighted by molar-refractivity contribution is 0.0370. The van der Waals surface area contributed by atoms with Crippen LogP contribution in [0.5, 0.6) is 5.75 Å². The second kappa shape index (κ2) is 6.39. The second-order valence-electron chi connectivity index (χ2n) is 6.49. The number of sulfonamides is 1. The quantitative estimate of drug-likeness (QED) is 0.632. The Hall–Kier alpha value is -2.42. The minimum atomic E-state index is -3.63. The second-order valence-corrected chi connectivity index (χ2v) is 8.38. The number of fused-ring (bicyclic) bond motifs is 1. The first-order valence-electron chi connectivity index (χ1n) is 8.30. The van der Waals surface area contributed by atoms with E-state index in [-0.39, 0.29) is 29.1 Å². The third-order valence-corrected chi connectivity index (χ3v) is 6.79. The van der Waals surface area contributed by atoms with Crippen molar-refractivity contribution in [3.63, 3.8) is 0 Å². The Morgan fingerprint density at radius 2 is 1.88 bits per heavy atom. The van der Waals surface area contributed by atoms with Gasteiger partial charge >= 0.3 is 0 Å². The Kier molecular flexibility index (Phi) is 4.18. The van der Waals surface area contributed by atoms with Gasteiger partial charge in [-0.25, -0.2) is 13.9 Å². The molecule has 1 aliphatic carbocycles. The van der Waals surface area contributed by atoms with Gasteiger partial charge in [0.2, 0.25) is 10.0 Å². The maximum Gasteiger partial charge on any atom is 0.274 e. The van der Waals surface area contributed by atoms with Crippen molar-refractivity contribution in [3.05, 3.63) is 59.7 Å². The molecule has 2 aromatic carbocycles. The molecule has 0 spiro atoms. The first kappa shape index (κ1) is 17.0. The van der Waals surface area contributed by atoms with Gasteiger partial charge in [-0.15, -0.1) is 0 Å². The topological polar surface area (TPSA) is 95.9 Å². The Morgan fingerprint density at radius 3 is 2.58 bits per heavy atom. The number of carbonyl (C=O) groups excluding carboxylic acids is 1. The van der Waals surface area contributed by atoms with Gasteiger partial charge in [-0.3, -0.25) is 10.0 Å². The van der Waals surface area contributed by atoms with Crippen LogP contribution < -0.4 is 10.2 Å². The van der Waals surface area contributed by atoms with Gasteiger partial charge in [0.25, 0.3) is 5.91 Å². The van der Waals surface area contributed by atoms with Crippen molar-refractivity contribution in [3.8, 4) is 5.75 Å². The minimum absolute atomic E-state index is 0.0834. The highest BCUT2D eigenvalue weighted by Gasteiger charge is 2.43. The van der Waals surface area contributed by atoms with Crippen LogP contribution in [0.4, 0.5) is 0 Å². The summed E-state index contributed by atoms with van der Waals surface area (Å²) in [6, 6.07) is 13.0. The lowest BCUT2D eigenvalue weighted by Gasteiger charge is -2.44. The lowest BCUT2D eigenvalue weighted by atomic mass is 9.88. The molecule has 26 heavy (non-hydrogen) atoms. The SMILES string of the molecule is O=C(NO)c1ccc2c(c1)OC1CC(C1)N(S(=O)(=O)c1ccccc1)C2. The minimum Gasteiger partial charge on any atom is -0.490 e. The molecule has 3 aliphatic rings. The monoisotopic (exact) mass is 374 g/mol. The number of benzene rings is 2. The van der Waals surface area contributed by atoms with E-state index in [1.807, 2.05) is 0 Å². The van der Waals surface area contributed by atoms with E-state index in [1.165, 1.54) is 16.4 Å². The van der Waals surface area contributed by atoms with Gasteiger partial charge in [-0.1, -0.05) is 24.3 Å². The summed E-state index contributed by atoms with van der Waals surface area (Å²) in [6.07, 6.45) is 1.14. The van der Waals surface area contributed by atoms with Crippen molar-refractivity contribution in [2.75, 3.05) is 0 Å². The van der Waals surface area contributed by atoms with E-state index in [0.29, 0.717) is 24.2 Å². The van der Waals surface area contributed by atoms with Crippen LogP contribution in [-0.4, -0.2) is 36.0 Å². The summed E-state index contributed by atoms with van der Waals surface area (Å²) in [4.78, 5) is 11.9. The molecule has 2 aromatic rings. The van der Waals surface area contributed by atoms with Crippen LogP contribution in [0.1, 0.15) is 28.8 Å². The van der Waals surface area contributed by atoms with E-state index < -0.39 is 15.9 Å². The highest BCUT2D eigenvalue weighted by atomic mass is 32.2. The van der Waals surface area contributed by atoms with E-state index in [0.717, 1.165) is 0 Å². The van der Waals surface area contributed by atoms with Crippen LogP contribution in [0.15, 0.2) is 53.4 Å². The molecule has 0 aromatic heterocycles. The molecule has 2 heterocycles. The van der Waals surface area contributed by atoms with Gasteiger partial charge in [-0.05, 0) is 24.3 Å². The van der Waals surface area contributed by atoms with Crippen LogP contribution >= 0.6 is 0 Å². The normalized spacial score (nSPS) is 22.2. The van der Waals surface area contributed by atoms with Gasteiger partial charge in [0, 0.05) is 36.6 Å². The molecule has 7 nitrogen and oxygen atoms in total. The summed E-state index contributed by atoms with van der Waals surface area (Å²) in [6.45, 7) is 0.172. The average Bonchev–Trinajstić information content (AvgIpc) is 2.60. The number of rotatable bonds is 3. The molecule has 1 fully saturated rings. The molecule has 1 saturated carbocycles. The van der Waals surface area contributed by atoms with Crippen molar-refractivity contribution in [2.24, 2.45) is 0 Å². The molecule has 0 unspecified atom stereocenters. The van der Waals surface area contributed by atoms with Crippen molar-refractivity contribution in [2.45, 2.75) is 36.4 Å². The largest absolute Gasteiger partial charge is 0.490 e. The molecular weight excluding hydrogens is 356 g/mol. The van der Waals surface area contributed by atoms with E-state index in [4.69, 9.17) is 9.94 Å². The fourth-order valence-corrected chi connectivity index (χ4v) is 5.00. The zero-order valence-corrected chi connectivity index (χ0v) is 14.6. The third kappa shape index (κ3) is 2.86. The third-order valence-electron chi connectivity index (χ3n) is 4.88. The van der Waals surface area contributed by atoms with E-state index >= 15 is 0 Å². The Bertz CT molecular complexity index is 939. The van der Waals surface area contributed by atoms with Crippen molar-refractivity contribution in [1.82, 2.24) is 9.79 Å². The van der Waals surface area contributed by atoms with Gasteiger partial charge in [0.1, 0.15) is 11.9 Å². The van der Waals surface area contributed by atoms with E-state index in [9.17, 15) is 13.2 Å². The number of carbonyl (C=O) groups is 1. The van der Waals surface area contributed by atoms with E-state index in [2.05, 4.69) is 0 Å². The van der Waals surface area contributed by atoms with Gasteiger partial charge < -0.3 is 4.74 Å². The van der Waals surface area contributed by atoms with Gasteiger partial charge in [-0.2, -0.15) is 4.31 Å². The Morgan fingerprint density at radius 1 is 1.15 bits per heavy atom. The number of nitrogens with one attached hydrogen (secondary N) is 1. The molecule has 5 rings (SSSR count). The van der Waals surface area contributed by atoms with Crippen LogP contribution in [0, 0.1) is 0 Å². The Labute approximate surface area is 151 Å². The van der Waals surface area contributed by atoms with Crippen LogP contribution in [-0.2, 0) is 16.6 Å². The van der Waals surface area contributed by atoms with Crippen LogP contribution in [0.2, 0.25) is 0 Å². The predicted octanol–water partition coefficient (Wildman–Crippen LogP) is 1.92. The molecule has 2 bridgehead atoms. The number of nitrogens with zero attached hydrogens (tertiary/aromatic N) is 1. The van der Waals surface area contributed by atoms with E-state index in [1.54, 1.807) is 41.9 Å². The smallest absolute Gasteiger partial charge is 0.274 e. The summed E-state index contributed by atoms with van der Waals surface area (Å²) < 4.78 is 33.7. The summed E-state index contributed by atoms with van der Waals surface area (Å²) in [5.41, 5.74) is 2.53. The molecule has 1 amide bonds. The van der Waals surface area contributed by atoms with Crippen LogP contribution in [0.3, 0.4) is 0 Å². The van der Waals surface area contributed by atoms with Gasteiger partial charge in [0.15, 0.2) is 0 Å². The van der Waals surface area contributed by atoms with Crippen LogP contribution in [0.25, 0.3) is 0 Å².